The van der Waals surface area contributed by atoms with Crippen molar-refractivity contribution in [3.63, 3.8) is 0 Å². The molecule has 2 atom stereocenters. The Morgan fingerprint density at radius 3 is 2.81 bits per heavy atom. The highest BCUT2D eigenvalue weighted by atomic mass is 16.1. The van der Waals surface area contributed by atoms with E-state index in [-0.39, 0.29) is 0 Å². The van der Waals surface area contributed by atoms with Gasteiger partial charge in [-0.15, -0.1) is 0 Å². The average molecular weight is 216 g/mol. The molecule has 0 spiro atoms. The standard InChI is InChI=1S/C13H16N2O/c1-2-12-9(8-16)3-4-13(14-12)15-6-10-5-11(10)7-15/h3-4,8,10-11H,2,5-7H2,1H3. The molecule has 0 aromatic carbocycles. The highest BCUT2D eigenvalue weighted by Gasteiger charge is 2.45. The van der Waals surface area contributed by atoms with Gasteiger partial charge < -0.3 is 4.90 Å². The number of aryl methyl sites for hydroxylation is 1. The second-order valence-corrected chi connectivity index (χ2v) is 4.84. The minimum absolute atomic E-state index is 0.732. The molecule has 2 aliphatic rings. The number of hydrogen-bond acceptors (Lipinski definition) is 3. The van der Waals surface area contributed by atoms with Gasteiger partial charge in [-0.1, -0.05) is 6.92 Å². The quantitative estimate of drug-likeness (QED) is 0.724. The Kier molecular flexibility index (Phi) is 2.20. The van der Waals surface area contributed by atoms with E-state index in [2.05, 4.69) is 9.88 Å². The van der Waals surface area contributed by atoms with Gasteiger partial charge in [0.15, 0.2) is 6.29 Å². The number of piperidine rings is 1. The zero-order valence-electron chi connectivity index (χ0n) is 9.52. The predicted molar refractivity (Wildman–Crippen MR) is 62.8 cm³/mol. The normalized spacial score (nSPS) is 26.7. The van der Waals surface area contributed by atoms with Crippen LogP contribution in [0, 0.1) is 11.8 Å². The molecule has 1 aliphatic heterocycles. The lowest BCUT2D eigenvalue weighted by Gasteiger charge is -2.19. The van der Waals surface area contributed by atoms with Gasteiger partial charge in [0.2, 0.25) is 0 Å². The highest BCUT2D eigenvalue weighted by Crippen LogP contribution is 2.45. The predicted octanol–water partition coefficient (Wildman–Crippen LogP) is 1.91. The molecule has 3 rings (SSSR count). The van der Waals surface area contributed by atoms with Crippen LogP contribution in [0.2, 0.25) is 0 Å². The molecule has 3 heteroatoms. The molecular weight excluding hydrogens is 200 g/mol. The number of fused-ring (bicyclic) bond motifs is 1. The van der Waals surface area contributed by atoms with Crippen LogP contribution in [0.4, 0.5) is 5.82 Å². The van der Waals surface area contributed by atoms with Crippen LogP contribution >= 0.6 is 0 Å². The van der Waals surface area contributed by atoms with Crippen molar-refractivity contribution >= 4 is 12.1 Å². The molecule has 1 aromatic heterocycles. The van der Waals surface area contributed by atoms with E-state index in [1.165, 1.54) is 6.42 Å². The zero-order chi connectivity index (χ0) is 11.1. The Morgan fingerprint density at radius 1 is 1.44 bits per heavy atom. The molecule has 1 saturated heterocycles. The molecule has 3 nitrogen and oxygen atoms in total. The fourth-order valence-electron chi connectivity index (χ4n) is 2.65. The van der Waals surface area contributed by atoms with Gasteiger partial charge in [0.25, 0.3) is 0 Å². The molecule has 0 amide bonds. The molecule has 2 unspecified atom stereocenters. The lowest BCUT2D eigenvalue weighted by Crippen LogP contribution is -2.23. The molecule has 16 heavy (non-hydrogen) atoms. The highest BCUT2D eigenvalue weighted by molar-refractivity contribution is 5.77. The molecule has 1 aromatic rings. The number of anilines is 1. The summed E-state index contributed by atoms with van der Waals surface area (Å²) in [6.07, 6.45) is 3.13. The van der Waals surface area contributed by atoms with Gasteiger partial charge in [0, 0.05) is 18.7 Å². The summed E-state index contributed by atoms with van der Waals surface area (Å²) in [6, 6.07) is 3.88. The van der Waals surface area contributed by atoms with E-state index in [1.54, 1.807) is 0 Å². The number of aldehydes is 1. The van der Waals surface area contributed by atoms with Gasteiger partial charge in [-0.3, -0.25) is 4.79 Å². The van der Waals surface area contributed by atoms with Crippen LogP contribution in [0.3, 0.4) is 0 Å². The molecule has 0 radical (unpaired) electrons. The van der Waals surface area contributed by atoms with Crippen molar-refractivity contribution in [1.82, 2.24) is 4.98 Å². The Labute approximate surface area is 95.5 Å². The first-order chi connectivity index (χ1) is 7.81. The first kappa shape index (κ1) is 9.82. The van der Waals surface area contributed by atoms with Crippen molar-refractivity contribution in [3.05, 3.63) is 23.4 Å². The van der Waals surface area contributed by atoms with E-state index in [0.29, 0.717) is 0 Å². The van der Waals surface area contributed by atoms with Crippen molar-refractivity contribution in [2.24, 2.45) is 11.8 Å². The van der Waals surface area contributed by atoms with Gasteiger partial charge in [-0.2, -0.15) is 0 Å². The second-order valence-electron chi connectivity index (χ2n) is 4.84. The summed E-state index contributed by atoms with van der Waals surface area (Å²) in [5, 5.41) is 0. The smallest absolute Gasteiger partial charge is 0.151 e. The summed E-state index contributed by atoms with van der Waals surface area (Å²) in [5.74, 6) is 2.88. The number of nitrogens with zero attached hydrogens (tertiary/aromatic N) is 2. The summed E-state index contributed by atoms with van der Waals surface area (Å²) in [6.45, 7) is 4.35. The first-order valence-corrected chi connectivity index (χ1v) is 6.02. The maximum atomic E-state index is 10.8. The van der Waals surface area contributed by atoms with Gasteiger partial charge in [0.05, 0.1) is 5.69 Å². The SMILES string of the molecule is CCc1nc(N2CC3CC3C2)ccc1C=O. The van der Waals surface area contributed by atoms with E-state index in [9.17, 15) is 4.79 Å². The fourth-order valence-corrected chi connectivity index (χ4v) is 2.65. The maximum absolute atomic E-state index is 10.8. The lowest BCUT2D eigenvalue weighted by molar-refractivity contribution is 0.112. The van der Waals surface area contributed by atoms with Crippen LogP contribution in [0.5, 0.6) is 0 Å². The van der Waals surface area contributed by atoms with E-state index in [0.717, 1.165) is 54.7 Å². The third-order valence-electron chi connectivity index (χ3n) is 3.76. The average Bonchev–Trinajstić information content (AvgIpc) is 2.95. The van der Waals surface area contributed by atoms with Crippen molar-refractivity contribution < 1.29 is 4.79 Å². The number of carbonyl (C=O) groups is 1. The summed E-state index contributed by atoms with van der Waals surface area (Å²) < 4.78 is 0. The Bertz CT molecular complexity index is 420. The summed E-state index contributed by atoms with van der Waals surface area (Å²) in [5.41, 5.74) is 1.66. The molecule has 0 bridgehead atoms. The Hall–Kier alpha value is -1.38. The molecule has 2 fully saturated rings. The van der Waals surface area contributed by atoms with Gasteiger partial charge >= 0.3 is 0 Å². The van der Waals surface area contributed by atoms with Crippen LogP contribution in [0.1, 0.15) is 29.4 Å². The molecule has 1 aliphatic carbocycles. The molecular formula is C13H16N2O. The van der Waals surface area contributed by atoms with Crippen molar-refractivity contribution in [2.45, 2.75) is 19.8 Å². The first-order valence-electron chi connectivity index (χ1n) is 6.02. The third-order valence-corrected chi connectivity index (χ3v) is 3.76. The molecule has 1 saturated carbocycles. The van der Waals surface area contributed by atoms with E-state index < -0.39 is 0 Å². The Morgan fingerprint density at radius 2 is 2.19 bits per heavy atom. The number of pyridine rings is 1. The number of carbonyl (C=O) groups excluding carboxylic acids is 1. The lowest BCUT2D eigenvalue weighted by atomic mass is 10.1. The number of hydrogen-bond donors (Lipinski definition) is 0. The topological polar surface area (TPSA) is 33.2 Å². The molecule has 2 heterocycles. The van der Waals surface area contributed by atoms with Crippen molar-refractivity contribution in [3.8, 4) is 0 Å². The van der Waals surface area contributed by atoms with Gasteiger partial charge in [0.1, 0.15) is 5.82 Å². The minimum atomic E-state index is 0.732. The van der Waals surface area contributed by atoms with E-state index in [1.807, 2.05) is 19.1 Å². The molecule has 84 valence electrons. The summed E-state index contributed by atoms with van der Waals surface area (Å²) >= 11 is 0. The third kappa shape index (κ3) is 1.51. The largest absolute Gasteiger partial charge is 0.356 e. The number of rotatable bonds is 3. The van der Waals surface area contributed by atoms with Crippen LogP contribution < -0.4 is 4.90 Å². The van der Waals surface area contributed by atoms with Crippen LogP contribution in [0.25, 0.3) is 0 Å². The summed E-state index contributed by atoms with van der Waals surface area (Å²) in [7, 11) is 0. The fraction of sp³-hybridized carbons (Fsp3) is 0.538. The van der Waals surface area contributed by atoms with Crippen LogP contribution in [-0.2, 0) is 6.42 Å². The van der Waals surface area contributed by atoms with Gasteiger partial charge in [-0.05, 0) is 36.8 Å². The maximum Gasteiger partial charge on any atom is 0.151 e. The molecule has 0 N–H and O–H groups in total. The van der Waals surface area contributed by atoms with Crippen molar-refractivity contribution in [2.75, 3.05) is 18.0 Å². The van der Waals surface area contributed by atoms with E-state index >= 15 is 0 Å². The minimum Gasteiger partial charge on any atom is -0.356 e. The Balaban J connectivity index is 1.87. The second kappa shape index (κ2) is 3.58. The van der Waals surface area contributed by atoms with Crippen LogP contribution in [-0.4, -0.2) is 24.4 Å². The summed E-state index contributed by atoms with van der Waals surface area (Å²) in [4.78, 5) is 17.8. The number of aromatic nitrogens is 1. The zero-order valence-corrected chi connectivity index (χ0v) is 9.52. The van der Waals surface area contributed by atoms with E-state index in [4.69, 9.17) is 0 Å². The monoisotopic (exact) mass is 216 g/mol. The van der Waals surface area contributed by atoms with Crippen molar-refractivity contribution in [1.29, 1.82) is 0 Å². The van der Waals surface area contributed by atoms with Gasteiger partial charge in [-0.25, -0.2) is 4.98 Å². The van der Waals surface area contributed by atoms with Crippen LogP contribution in [0.15, 0.2) is 12.1 Å².